The lowest BCUT2D eigenvalue weighted by atomic mass is 9.94. The molecule has 3 aromatic heterocycles. The van der Waals surface area contributed by atoms with Gasteiger partial charge in [-0.05, 0) is 52.3 Å². The number of anilines is 2. The Hall–Kier alpha value is -4.03. The fourth-order valence-electron chi connectivity index (χ4n) is 6.78. The lowest BCUT2D eigenvalue weighted by molar-refractivity contribution is 0.0636. The van der Waals surface area contributed by atoms with E-state index in [0.717, 1.165) is 62.2 Å². The molecule has 0 unspecified atom stereocenters. The summed E-state index contributed by atoms with van der Waals surface area (Å²) in [5.41, 5.74) is 0.755. The van der Waals surface area contributed by atoms with Crippen LogP contribution in [0.5, 0.6) is 0 Å². The molecule has 1 aromatic carbocycles. The molecule has 1 amide bonds. The van der Waals surface area contributed by atoms with E-state index in [1.54, 1.807) is 27.0 Å². The van der Waals surface area contributed by atoms with Gasteiger partial charge in [0, 0.05) is 67.3 Å². The summed E-state index contributed by atoms with van der Waals surface area (Å²) in [7, 11) is 2.16. The number of benzene rings is 1. The number of nitriles is 1. The third kappa shape index (κ3) is 5.65. The Kier molecular flexibility index (Phi) is 7.99. The van der Waals surface area contributed by atoms with Crippen molar-refractivity contribution in [2.45, 2.75) is 65.0 Å². The predicted molar refractivity (Wildman–Crippen MR) is 175 cm³/mol. The van der Waals surface area contributed by atoms with Crippen LogP contribution in [0.1, 0.15) is 50.8 Å². The number of pyridine rings is 1. The van der Waals surface area contributed by atoms with Crippen molar-refractivity contribution in [3.63, 3.8) is 0 Å². The summed E-state index contributed by atoms with van der Waals surface area (Å²) in [5, 5.41) is 13.5. The van der Waals surface area contributed by atoms with Crippen LogP contribution in [0.25, 0.3) is 32.2 Å². The number of piperazine rings is 1. The first-order valence-electron chi connectivity index (χ1n) is 15.7. The Labute approximate surface area is 275 Å². The van der Waals surface area contributed by atoms with Gasteiger partial charge in [-0.3, -0.25) is 15.2 Å². The number of carbonyl (C=O) groups excluding carboxylic acids is 1. The monoisotopic (exact) mass is 662 g/mol. The summed E-state index contributed by atoms with van der Waals surface area (Å²) in [6.07, 6.45) is 2.84. The third-order valence-electron chi connectivity index (χ3n) is 9.27. The van der Waals surface area contributed by atoms with E-state index in [-0.39, 0.29) is 50.6 Å². The van der Waals surface area contributed by atoms with Gasteiger partial charge in [0.05, 0.1) is 35.4 Å². The molecule has 47 heavy (non-hydrogen) atoms. The van der Waals surface area contributed by atoms with Gasteiger partial charge in [-0.2, -0.15) is 5.26 Å². The average molecular weight is 663 g/mol. The molecule has 0 spiro atoms. The Morgan fingerprint density at radius 3 is 2.68 bits per heavy atom. The first-order valence-corrected chi connectivity index (χ1v) is 16.5. The Morgan fingerprint density at radius 2 is 1.94 bits per heavy atom. The molecule has 14 heteroatoms. The highest BCUT2D eigenvalue weighted by atomic mass is 32.1. The lowest BCUT2D eigenvalue weighted by Crippen LogP contribution is -2.54. The van der Waals surface area contributed by atoms with E-state index in [4.69, 9.17) is 14.5 Å². The molecule has 2 atom stereocenters. The van der Waals surface area contributed by atoms with Gasteiger partial charge in [-0.1, -0.05) is 0 Å². The Bertz CT molecular complexity index is 1950. The van der Waals surface area contributed by atoms with Crippen LogP contribution in [-0.4, -0.2) is 88.3 Å². The van der Waals surface area contributed by atoms with E-state index in [0.29, 0.717) is 29.0 Å². The van der Waals surface area contributed by atoms with E-state index in [1.165, 1.54) is 0 Å². The number of halogens is 2. The Morgan fingerprint density at radius 1 is 1.15 bits per heavy atom. The van der Waals surface area contributed by atoms with Crippen LogP contribution in [-0.2, 0) is 22.7 Å². The van der Waals surface area contributed by atoms with Crippen LogP contribution in [0.4, 0.5) is 24.5 Å². The quantitative estimate of drug-likeness (QED) is 0.294. The molecular weight excluding hydrogens is 626 g/mol. The highest BCUT2D eigenvalue weighted by Crippen LogP contribution is 2.46. The van der Waals surface area contributed by atoms with Gasteiger partial charge in [0.15, 0.2) is 11.6 Å². The van der Waals surface area contributed by atoms with Crippen LogP contribution in [0, 0.1) is 23.0 Å². The number of likely N-dealkylation sites (N-methyl/N-ethyl adjacent to an activating group) is 1. The number of carbonyl (C=O) groups is 1. The van der Waals surface area contributed by atoms with Crippen LogP contribution in [0.15, 0.2) is 12.4 Å². The minimum Gasteiger partial charge on any atom is -0.444 e. The molecule has 0 aliphatic carbocycles. The maximum absolute atomic E-state index is 16.9. The van der Waals surface area contributed by atoms with Crippen molar-refractivity contribution in [3.8, 4) is 17.3 Å². The van der Waals surface area contributed by atoms with E-state index in [9.17, 15) is 10.1 Å². The Balaban J connectivity index is 1.30. The van der Waals surface area contributed by atoms with Crippen LogP contribution < -0.4 is 10.2 Å². The number of nitrogens with zero attached hydrogens (tertiary/aromatic N) is 7. The molecule has 11 nitrogen and oxygen atoms in total. The van der Waals surface area contributed by atoms with E-state index < -0.39 is 23.3 Å². The van der Waals surface area contributed by atoms with Crippen molar-refractivity contribution < 1.29 is 23.0 Å². The summed E-state index contributed by atoms with van der Waals surface area (Å²) in [5.74, 6) is -0.895. The molecule has 2 saturated heterocycles. The SMILES string of the molecule is C[C@@H]1CN([C@@H]2CCN(c3ncc4c5c(c(-c6ncc(F)c7sc(NC(=O)OC(C)(C)C)c(C#N)c67)c(F)c4n3)COC5)C2)CCN1C. The zero-order valence-electron chi connectivity index (χ0n) is 27.0. The largest absolute Gasteiger partial charge is 0.444 e. The van der Waals surface area contributed by atoms with Gasteiger partial charge in [0.1, 0.15) is 22.2 Å². The van der Waals surface area contributed by atoms with Gasteiger partial charge >= 0.3 is 6.09 Å². The molecule has 246 valence electrons. The van der Waals surface area contributed by atoms with Crippen molar-refractivity contribution in [1.82, 2.24) is 24.8 Å². The number of aromatic nitrogens is 3. The third-order valence-corrected chi connectivity index (χ3v) is 10.4. The fourth-order valence-corrected chi connectivity index (χ4v) is 7.82. The van der Waals surface area contributed by atoms with Crippen molar-refractivity contribution in [1.29, 1.82) is 5.26 Å². The summed E-state index contributed by atoms with van der Waals surface area (Å²) in [6.45, 7) is 12.2. The topological polar surface area (TPSA) is 120 Å². The van der Waals surface area contributed by atoms with E-state index >= 15 is 8.78 Å². The van der Waals surface area contributed by atoms with Crippen LogP contribution >= 0.6 is 11.3 Å². The minimum absolute atomic E-state index is 0.0327. The maximum Gasteiger partial charge on any atom is 0.412 e. The number of ether oxygens (including phenoxy) is 2. The molecule has 0 saturated carbocycles. The molecule has 7 rings (SSSR count). The maximum atomic E-state index is 16.9. The fraction of sp³-hybridized carbons (Fsp3) is 0.485. The molecule has 3 aliphatic heterocycles. The van der Waals surface area contributed by atoms with Gasteiger partial charge in [-0.25, -0.2) is 23.5 Å². The first-order chi connectivity index (χ1) is 22.4. The predicted octanol–water partition coefficient (Wildman–Crippen LogP) is 5.65. The van der Waals surface area contributed by atoms with Crippen molar-refractivity contribution >= 4 is 49.4 Å². The second-order valence-corrected chi connectivity index (χ2v) is 14.5. The van der Waals surface area contributed by atoms with Crippen molar-refractivity contribution in [3.05, 3.63) is 40.7 Å². The number of rotatable bonds is 4. The molecule has 1 N–H and O–H groups in total. The molecule has 4 aromatic rings. The number of hydrogen-bond donors (Lipinski definition) is 1. The first kappa shape index (κ1) is 31.6. The molecular formula is C33H36F2N8O3S. The number of thiophene rings is 1. The summed E-state index contributed by atoms with van der Waals surface area (Å²) in [4.78, 5) is 33.4. The lowest BCUT2D eigenvalue weighted by Gasteiger charge is -2.40. The smallest absolute Gasteiger partial charge is 0.412 e. The number of amides is 1. The van der Waals surface area contributed by atoms with Crippen molar-refractivity contribution in [2.75, 3.05) is 50.0 Å². The molecule has 3 aliphatic rings. The summed E-state index contributed by atoms with van der Waals surface area (Å²) >= 11 is 0.870. The van der Waals surface area contributed by atoms with Gasteiger partial charge in [0.25, 0.3) is 0 Å². The molecule has 6 heterocycles. The van der Waals surface area contributed by atoms with Gasteiger partial charge < -0.3 is 19.3 Å². The average Bonchev–Trinajstić information content (AvgIpc) is 3.78. The number of nitrogens with one attached hydrogen (secondary N) is 1. The van der Waals surface area contributed by atoms with Gasteiger partial charge in [-0.15, -0.1) is 11.3 Å². The van der Waals surface area contributed by atoms with Crippen LogP contribution in [0.2, 0.25) is 0 Å². The highest BCUT2D eigenvalue weighted by molar-refractivity contribution is 7.23. The zero-order valence-corrected chi connectivity index (χ0v) is 27.8. The second-order valence-electron chi connectivity index (χ2n) is 13.5. The summed E-state index contributed by atoms with van der Waals surface area (Å²) < 4.78 is 43.3. The second kappa shape index (κ2) is 11.9. The van der Waals surface area contributed by atoms with Gasteiger partial charge in [0.2, 0.25) is 5.95 Å². The molecule has 2 fully saturated rings. The highest BCUT2D eigenvalue weighted by Gasteiger charge is 2.34. The molecule has 0 radical (unpaired) electrons. The zero-order chi connectivity index (χ0) is 33.2. The normalized spacial score (nSPS) is 20.6. The van der Waals surface area contributed by atoms with Crippen LogP contribution in [0.3, 0.4) is 0 Å². The molecule has 0 bridgehead atoms. The summed E-state index contributed by atoms with van der Waals surface area (Å²) in [6, 6.07) is 2.91. The number of hydrogen-bond acceptors (Lipinski definition) is 11. The van der Waals surface area contributed by atoms with E-state index in [2.05, 4.69) is 50.0 Å². The number of fused-ring (bicyclic) bond motifs is 4. The van der Waals surface area contributed by atoms with E-state index in [1.807, 2.05) is 0 Å². The standard InChI is InChI=1S/C33H36F2N8O3S/c1-17-13-42(9-8-41(17)5)18-6-7-43(14-18)31-38-11-20-21-15-45-16-22(21)24(26(35)27(20)39-31)28-25-19(10-36)30(40-32(44)46-33(2,3)4)47-29(25)23(34)12-37-28/h11-12,17-18H,6-9,13-16H2,1-5H3,(H,40,44)/t17-,18-/m1/s1. The van der Waals surface area contributed by atoms with Crippen molar-refractivity contribution in [2.24, 2.45) is 0 Å². The minimum atomic E-state index is -0.794.